The molecule has 0 aliphatic carbocycles. The lowest BCUT2D eigenvalue weighted by molar-refractivity contribution is 0.151. The predicted octanol–water partition coefficient (Wildman–Crippen LogP) is 5.16. The zero-order valence-electron chi connectivity index (χ0n) is 17.2. The number of hydrogen-bond donors (Lipinski definition) is 1. The second-order valence-corrected chi connectivity index (χ2v) is 7.47. The summed E-state index contributed by atoms with van der Waals surface area (Å²) in [5, 5.41) is 12.1. The summed E-state index contributed by atoms with van der Waals surface area (Å²) >= 11 is 0. The first kappa shape index (κ1) is 20.5. The zero-order chi connectivity index (χ0) is 20.1. The minimum Gasteiger partial charge on any atom is -0.493 e. The van der Waals surface area contributed by atoms with E-state index in [9.17, 15) is 9.90 Å². The molecule has 0 saturated heterocycles. The fraction of sp³-hybridized carbons (Fsp3) is 0.522. The van der Waals surface area contributed by atoms with Gasteiger partial charge in [0.2, 0.25) is 0 Å². The van der Waals surface area contributed by atoms with Gasteiger partial charge >= 0.3 is 6.09 Å². The lowest BCUT2D eigenvalue weighted by atomic mass is 9.92. The molecule has 1 aliphatic heterocycles. The standard InChI is InChI=1S/C23H31NO4/c1-4-6-11-27-20-13-19-22(21-16(3)9-8-10-18(20)21)17(15-25)14-24(19)23(26)28-12-7-5-2/h8-10,13,17,25H,4-7,11-12,14-15H2,1-3H3/t17-/m0/s1. The van der Waals surface area contributed by atoms with E-state index in [4.69, 9.17) is 9.47 Å². The molecule has 0 saturated carbocycles. The normalized spacial score (nSPS) is 15.7. The van der Waals surface area contributed by atoms with Crippen molar-refractivity contribution in [3.63, 3.8) is 0 Å². The molecule has 0 bridgehead atoms. The molecule has 0 fully saturated rings. The van der Waals surface area contributed by atoms with Crippen molar-refractivity contribution < 1.29 is 19.4 Å². The van der Waals surface area contributed by atoms with E-state index in [2.05, 4.69) is 32.9 Å². The maximum absolute atomic E-state index is 12.7. The van der Waals surface area contributed by atoms with Gasteiger partial charge in [0.15, 0.2) is 0 Å². The number of aryl methyl sites for hydroxylation is 1. The van der Waals surface area contributed by atoms with E-state index < -0.39 is 0 Å². The Morgan fingerprint density at radius 1 is 1.21 bits per heavy atom. The molecule has 3 rings (SSSR count). The molecule has 1 heterocycles. The number of anilines is 1. The van der Waals surface area contributed by atoms with Gasteiger partial charge in [-0.15, -0.1) is 0 Å². The molecular weight excluding hydrogens is 354 g/mol. The van der Waals surface area contributed by atoms with Gasteiger partial charge in [0.25, 0.3) is 0 Å². The average molecular weight is 386 g/mol. The molecule has 0 spiro atoms. The van der Waals surface area contributed by atoms with Crippen molar-refractivity contribution in [1.29, 1.82) is 0 Å². The number of nitrogens with zero attached hydrogens (tertiary/aromatic N) is 1. The van der Waals surface area contributed by atoms with Gasteiger partial charge in [-0.3, -0.25) is 4.90 Å². The van der Waals surface area contributed by atoms with Gasteiger partial charge in [0.1, 0.15) is 5.75 Å². The first-order valence-corrected chi connectivity index (χ1v) is 10.4. The maximum atomic E-state index is 12.7. The molecule has 5 heteroatoms. The molecule has 1 atom stereocenters. The molecule has 28 heavy (non-hydrogen) atoms. The molecule has 0 unspecified atom stereocenters. The monoisotopic (exact) mass is 385 g/mol. The van der Waals surface area contributed by atoms with Crippen LogP contribution in [-0.2, 0) is 4.74 Å². The Morgan fingerprint density at radius 2 is 1.96 bits per heavy atom. The Balaban J connectivity index is 2.07. The summed E-state index contributed by atoms with van der Waals surface area (Å²) in [6.07, 6.45) is 3.51. The molecule has 0 radical (unpaired) electrons. The number of aliphatic hydroxyl groups is 1. The first-order valence-electron chi connectivity index (χ1n) is 10.4. The third-order valence-corrected chi connectivity index (χ3v) is 5.37. The Labute approximate surface area is 167 Å². The summed E-state index contributed by atoms with van der Waals surface area (Å²) < 4.78 is 11.6. The van der Waals surface area contributed by atoms with Crippen LogP contribution in [0.2, 0.25) is 0 Å². The number of benzene rings is 2. The van der Waals surface area contributed by atoms with E-state index >= 15 is 0 Å². The molecule has 5 nitrogen and oxygen atoms in total. The maximum Gasteiger partial charge on any atom is 0.414 e. The van der Waals surface area contributed by atoms with Gasteiger partial charge in [0.05, 0.1) is 25.5 Å². The quantitative estimate of drug-likeness (QED) is 0.638. The Hall–Kier alpha value is -2.27. The smallest absolute Gasteiger partial charge is 0.414 e. The van der Waals surface area contributed by atoms with Crippen LogP contribution in [0.15, 0.2) is 24.3 Å². The van der Waals surface area contributed by atoms with E-state index in [1.54, 1.807) is 4.90 Å². The number of amides is 1. The van der Waals surface area contributed by atoms with Crippen LogP contribution in [0.25, 0.3) is 10.8 Å². The number of hydrogen-bond acceptors (Lipinski definition) is 4. The van der Waals surface area contributed by atoms with Crippen molar-refractivity contribution in [3.8, 4) is 5.75 Å². The van der Waals surface area contributed by atoms with Crippen LogP contribution in [0.5, 0.6) is 5.75 Å². The van der Waals surface area contributed by atoms with Gasteiger partial charge in [-0.1, -0.05) is 44.9 Å². The fourth-order valence-electron chi connectivity index (χ4n) is 3.83. The van der Waals surface area contributed by atoms with E-state index in [-0.39, 0.29) is 18.6 Å². The highest BCUT2D eigenvalue weighted by Gasteiger charge is 2.36. The highest BCUT2D eigenvalue weighted by molar-refractivity contribution is 6.03. The topological polar surface area (TPSA) is 59.0 Å². The lowest BCUT2D eigenvalue weighted by Crippen LogP contribution is -2.31. The molecule has 152 valence electrons. The summed E-state index contributed by atoms with van der Waals surface area (Å²) in [7, 11) is 0. The van der Waals surface area contributed by atoms with Crippen LogP contribution in [-0.4, -0.2) is 37.6 Å². The van der Waals surface area contributed by atoms with Crippen LogP contribution in [0, 0.1) is 6.92 Å². The van der Waals surface area contributed by atoms with Gasteiger partial charge in [-0.2, -0.15) is 0 Å². The minimum atomic E-state index is -0.349. The lowest BCUT2D eigenvalue weighted by Gasteiger charge is -2.20. The van der Waals surface area contributed by atoms with E-state index in [0.717, 1.165) is 59.0 Å². The number of unbranched alkanes of at least 4 members (excludes halogenated alkanes) is 2. The number of rotatable bonds is 8. The fourth-order valence-corrected chi connectivity index (χ4v) is 3.83. The third-order valence-electron chi connectivity index (χ3n) is 5.37. The molecule has 2 aromatic rings. The van der Waals surface area contributed by atoms with Crippen LogP contribution in [0.3, 0.4) is 0 Å². The number of ether oxygens (including phenoxy) is 2. The van der Waals surface area contributed by atoms with Crippen LogP contribution >= 0.6 is 0 Å². The van der Waals surface area contributed by atoms with Crippen molar-refractivity contribution in [1.82, 2.24) is 0 Å². The first-order chi connectivity index (χ1) is 13.6. The van der Waals surface area contributed by atoms with Crippen LogP contribution in [0.4, 0.5) is 10.5 Å². The molecule has 0 aromatic heterocycles. The second-order valence-electron chi connectivity index (χ2n) is 7.47. The molecular formula is C23H31NO4. The highest BCUT2D eigenvalue weighted by atomic mass is 16.6. The third kappa shape index (κ3) is 3.95. The summed E-state index contributed by atoms with van der Waals surface area (Å²) in [5.74, 6) is 0.665. The number of carbonyl (C=O) groups is 1. The van der Waals surface area contributed by atoms with Crippen molar-refractivity contribution in [2.45, 2.75) is 52.4 Å². The van der Waals surface area contributed by atoms with Gasteiger partial charge in [-0.25, -0.2) is 4.79 Å². The highest BCUT2D eigenvalue weighted by Crippen LogP contribution is 2.46. The molecule has 1 N–H and O–H groups in total. The summed E-state index contributed by atoms with van der Waals surface area (Å²) in [5.41, 5.74) is 2.94. The van der Waals surface area contributed by atoms with E-state index in [1.165, 1.54) is 0 Å². The van der Waals surface area contributed by atoms with Crippen LogP contribution in [0.1, 0.15) is 56.6 Å². The SMILES string of the molecule is CCCCOC(=O)N1C[C@@H](CO)c2c1cc(OCCCC)c1cccc(C)c21. The van der Waals surface area contributed by atoms with Crippen molar-refractivity contribution in [2.24, 2.45) is 0 Å². The molecule has 1 aliphatic rings. The van der Waals surface area contributed by atoms with Crippen molar-refractivity contribution in [3.05, 3.63) is 35.4 Å². The summed E-state index contributed by atoms with van der Waals surface area (Å²) in [6.45, 7) is 7.74. The van der Waals surface area contributed by atoms with Gasteiger partial charge in [-0.05, 0) is 36.3 Å². The average Bonchev–Trinajstić information content (AvgIpc) is 3.07. The number of fused-ring (bicyclic) bond motifs is 3. The number of carbonyl (C=O) groups excluding carboxylic acids is 1. The second kappa shape index (κ2) is 9.28. The zero-order valence-corrected chi connectivity index (χ0v) is 17.2. The Bertz CT molecular complexity index is 833. The molecule has 2 aromatic carbocycles. The summed E-state index contributed by atoms with van der Waals surface area (Å²) in [4.78, 5) is 14.4. The predicted molar refractivity (Wildman–Crippen MR) is 113 cm³/mol. The van der Waals surface area contributed by atoms with Crippen molar-refractivity contribution in [2.75, 3.05) is 31.3 Å². The molecule has 1 amide bonds. The van der Waals surface area contributed by atoms with E-state index in [0.29, 0.717) is 19.8 Å². The Morgan fingerprint density at radius 3 is 2.68 bits per heavy atom. The minimum absolute atomic E-state index is 0.00872. The number of aliphatic hydroxyl groups excluding tert-OH is 1. The van der Waals surface area contributed by atoms with E-state index in [1.807, 2.05) is 12.1 Å². The largest absolute Gasteiger partial charge is 0.493 e. The summed E-state index contributed by atoms with van der Waals surface area (Å²) in [6, 6.07) is 8.09. The Kier molecular flexibility index (Phi) is 6.79. The van der Waals surface area contributed by atoms with Crippen LogP contribution < -0.4 is 9.64 Å². The van der Waals surface area contributed by atoms with Gasteiger partial charge < -0.3 is 14.6 Å². The van der Waals surface area contributed by atoms with Gasteiger partial charge in [0, 0.05) is 23.9 Å². The van der Waals surface area contributed by atoms with Crippen molar-refractivity contribution >= 4 is 22.6 Å².